The molecule has 7 heteroatoms. The Morgan fingerprint density at radius 2 is 2.30 bits per heavy atom. The average Bonchev–Trinajstić information content (AvgIpc) is 2.44. The highest BCUT2D eigenvalue weighted by Crippen LogP contribution is 2.23. The Kier molecular flexibility index (Phi) is 5.41. The number of benzene rings is 1. The normalized spacial score (nSPS) is 13.3. The Labute approximate surface area is 116 Å². The number of non-ortho nitro benzene ring substituents is 1. The van der Waals surface area contributed by atoms with Gasteiger partial charge in [0, 0.05) is 6.07 Å². The van der Waals surface area contributed by atoms with Crippen molar-refractivity contribution in [1.82, 2.24) is 0 Å². The lowest BCUT2D eigenvalue weighted by Crippen LogP contribution is -2.37. The maximum Gasteiger partial charge on any atom is 0.272 e. The van der Waals surface area contributed by atoms with Gasteiger partial charge in [-0.2, -0.15) is 5.26 Å². The molecule has 0 aliphatic carbocycles. The van der Waals surface area contributed by atoms with E-state index in [-0.39, 0.29) is 18.0 Å². The van der Waals surface area contributed by atoms with E-state index in [1.54, 1.807) is 0 Å². The molecule has 0 saturated carbocycles. The SMILES string of the molecule is CCC(N)(C#N)CCCOc1ccc([N+](=O)[O-])cc1F. The van der Waals surface area contributed by atoms with Crippen molar-refractivity contribution in [1.29, 1.82) is 5.26 Å². The summed E-state index contributed by atoms with van der Waals surface area (Å²) in [4.78, 5) is 9.78. The van der Waals surface area contributed by atoms with E-state index in [0.29, 0.717) is 19.3 Å². The summed E-state index contributed by atoms with van der Waals surface area (Å²) in [6, 6.07) is 5.23. The van der Waals surface area contributed by atoms with E-state index >= 15 is 0 Å². The first-order valence-electron chi connectivity index (χ1n) is 6.19. The van der Waals surface area contributed by atoms with Gasteiger partial charge in [0.1, 0.15) is 5.54 Å². The van der Waals surface area contributed by atoms with Crippen LogP contribution in [-0.4, -0.2) is 17.1 Å². The third-order valence-electron chi connectivity index (χ3n) is 3.00. The number of rotatable bonds is 7. The molecule has 1 unspecified atom stereocenters. The van der Waals surface area contributed by atoms with Gasteiger partial charge >= 0.3 is 0 Å². The Morgan fingerprint density at radius 3 is 2.80 bits per heavy atom. The smallest absolute Gasteiger partial charge is 0.272 e. The molecular weight excluding hydrogens is 265 g/mol. The first-order chi connectivity index (χ1) is 9.41. The van der Waals surface area contributed by atoms with E-state index < -0.39 is 16.3 Å². The summed E-state index contributed by atoms with van der Waals surface area (Å²) in [5, 5.41) is 19.3. The molecule has 1 aromatic carbocycles. The van der Waals surface area contributed by atoms with Gasteiger partial charge in [-0.1, -0.05) is 6.92 Å². The number of hydrogen-bond donors (Lipinski definition) is 1. The Balaban J connectivity index is 2.51. The van der Waals surface area contributed by atoms with E-state index in [9.17, 15) is 14.5 Å². The van der Waals surface area contributed by atoms with Crippen LogP contribution < -0.4 is 10.5 Å². The summed E-state index contributed by atoms with van der Waals surface area (Å²) in [7, 11) is 0. The van der Waals surface area contributed by atoms with Crippen LogP contribution in [0.3, 0.4) is 0 Å². The maximum atomic E-state index is 13.5. The van der Waals surface area contributed by atoms with Crippen molar-refractivity contribution in [3.8, 4) is 11.8 Å². The molecule has 1 rings (SSSR count). The van der Waals surface area contributed by atoms with Gasteiger partial charge in [-0.05, 0) is 25.3 Å². The predicted molar refractivity (Wildman–Crippen MR) is 70.6 cm³/mol. The molecule has 0 saturated heterocycles. The number of nitrogens with two attached hydrogens (primary N) is 1. The monoisotopic (exact) mass is 281 g/mol. The maximum absolute atomic E-state index is 13.5. The molecule has 0 amide bonds. The molecule has 108 valence electrons. The molecule has 0 fully saturated rings. The number of nitro groups is 1. The zero-order valence-corrected chi connectivity index (χ0v) is 11.1. The third kappa shape index (κ3) is 4.17. The molecule has 1 atom stereocenters. The Bertz CT molecular complexity index is 530. The number of halogens is 1. The molecule has 0 aromatic heterocycles. The van der Waals surface area contributed by atoms with Crippen molar-refractivity contribution < 1.29 is 14.1 Å². The number of ether oxygens (including phenoxy) is 1. The first kappa shape index (κ1) is 15.9. The zero-order chi connectivity index (χ0) is 15.2. The van der Waals surface area contributed by atoms with Gasteiger partial charge in [0.25, 0.3) is 5.69 Å². The second-order valence-corrected chi connectivity index (χ2v) is 4.45. The Hall–Kier alpha value is -2.20. The lowest BCUT2D eigenvalue weighted by Gasteiger charge is -2.18. The van der Waals surface area contributed by atoms with Crippen LogP contribution in [0.15, 0.2) is 18.2 Å². The fourth-order valence-corrected chi connectivity index (χ4v) is 1.60. The van der Waals surface area contributed by atoms with Crippen LogP contribution in [0.25, 0.3) is 0 Å². The molecule has 1 aromatic rings. The second kappa shape index (κ2) is 6.82. The topological polar surface area (TPSA) is 102 Å². The van der Waals surface area contributed by atoms with Crippen molar-refractivity contribution >= 4 is 5.69 Å². The molecule has 0 bridgehead atoms. The molecule has 0 heterocycles. The minimum Gasteiger partial charge on any atom is -0.491 e. The highest BCUT2D eigenvalue weighted by molar-refractivity contribution is 5.37. The number of nitrogens with zero attached hydrogens (tertiary/aromatic N) is 2. The molecule has 0 aliphatic heterocycles. The van der Waals surface area contributed by atoms with Crippen LogP contribution in [0.2, 0.25) is 0 Å². The third-order valence-corrected chi connectivity index (χ3v) is 3.00. The van der Waals surface area contributed by atoms with Gasteiger partial charge in [0.05, 0.1) is 23.7 Å². The van der Waals surface area contributed by atoms with Crippen molar-refractivity contribution in [2.75, 3.05) is 6.61 Å². The van der Waals surface area contributed by atoms with Crippen LogP contribution in [0, 0.1) is 27.3 Å². The second-order valence-electron chi connectivity index (χ2n) is 4.45. The van der Waals surface area contributed by atoms with Crippen LogP contribution >= 0.6 is 0 Å². The minimum absolute atomic E-state index is 0.0494. The van der Waals surface area contributed by atoms with Crippen molar-refractivity contribution in [2.45, 2.75) is 31.7 Å². The molecule has 6 nitrogen and oxygen atoms in total. The van der Waals surface area contributed by atoms with E-state index in [4.69, 9.17) is 15.7 Å². The number of nitriles is 1. The zero-order valence-electron chi connectivity index (χ0n) is 11.1. The summed E-state index contributed by atoms with van der Waals surface area (Å²) in [5.41, 5.74) is 4.57. The number of nitro benzene ring substituents is 1. The van der Waals surface area contributed by atoms with E-state index in [1.807, 2.05) is 13.0 Å². The minimum atomic E-state index is -0.891. The van der Waals surface area contributed by atoms with Crippen molar-refractivity contribution in [3.63, 3.8) is 0 Å². The highest BCUT2D eigenvalue weighted by atomic mass is 19.1. The lowest BCUT2D eigenvalue weighted by atomic mass is 9.94. The van der Waals surface area contributed by atoms with Crippen LogP contribution in [0.5, 0.6) is 5.75 Å². The van der Waals surface area contributed by atoms with Gasteiger partial charge in [-0.15, -0.1) is 0 Å². The van der Waals surface area contributed by atoms with Crippen LogP contribution in [-0.2, 0) is 0 Å². The standard InChI is InChI=1S/C13H16FN3O3/c1-2-13(16,9-15)6-3-7-20-12-5-4-10(17(18)19)8-11(12)14/h4-5,8H,2-3,6-7,16H2,1H3. The summed E-state index contributed by atoms with van der Waals surface area (Å²) in [6.45, 7) is 2.01. The first-order valence-corrected chi connectivity index (χ1v) is 6.19. The van der Waals surface area contributed by atoms with Crippen LogP contribution in [0.1, 0.15) is 26.2 Å². The summed E-state index contributed by atoms with van der Waals surface area (Å²) in [5.74, 6) is -0.833. The van der Waals surface area contributed by atoms with Crippen molar-refractivity contribution in [3.05, 3.63) is 34.1 Å². The number of hydrogen-bond acceptors (Lipinski definition) is 5. The van der Waals surface area contributed by atoms with E-state index in [2.05, 4.69) is 0 Å². The molecule has 0 aliphatic rings. The summed E-state index contributed by atoms with van der Waals surface area (Å²) in [6.07, 6.45) is 1.46. The largest absolute Gasteiger partial charge is 0.491 e. The molecular formula is C13H16FN3O3. The van der Waals surface area contributed by atoms with Crippen molar-refractivity contribution in [2.24, 2.45) is 5.73 Å². The van der Waals surface area contributed by atoms with E-state index in [0.717, 1.165) is 6.07 Å². The molecule has 2 N–H and O–H groups in total. The van der Waals surface area contributed by atoms with Gasteiger partial charge in [-0.25, -0.2) is 4.39 Å². The highest BCUT2D eigenvalue weighted by Gasteiger charge is 2.21. The quantitative estimate of drug-likeness (QED) is 0.470. The fraction of sp³-hybridized carbons (Fsp3) is 0.462. The molecule has 20 heavy (non-hydrogen) atoms. The Morgan fingerprint density at radius 1 is 1.60 bits per heavy atom. The van der Waals surface area contributed by atoms with E-state index in [1.165, 1.54) is 12.1 Å². The summed E-state index contributed by atoms with van der Waals surface area (Å²) < 4.78 is 18.7. The van der Waals surface area contributed by atoms with Crippen LogP contribution in [0.4, 0.5) is 10.1 Å². The fourth-order valence-electron chi connectivity index (χ4n) is 1.60. The average molecular weight is 281 g/mol. The summed E-state index contributed by atoms with van der Waals surface area (Å²) >= 11 is 0. The van der Waals surface area contributed by atoms with Gasteiger partial charge in [0.15, 0.2) is 11.6 Å². The lowest BCUT2D eigenvalue weighted by molar-refractivity contribution is -0.385. The molecule has 0 spiro atoms. The molecule has 0 radical (unpaired) electrons. The van der Waals surface area contributed by atoms with Gasteiger partial charge < -0.3 is 10.5 Å². The predicted octanol–water partition coefficient (Wildman–Crippen LogP) is 2.52. The van der Waals surface area contributed by atoms with Gasteiger partial charge in [0.2, 0.25) is 0 Å². The van der Waals surface area contributed by atoms with Gasteiger partial charge in [-0.3, -0.25) is 10.1 Å².